The predicted octanol–water partition coefficient (Wildman–Crippen LogP) is 1.27. The highest BCUT2D eigenvalue weighted by molar-refractivity contribution is 5.91. The summed E-state index contributed by atoms with van der Waals surface area (Å²) in [5.74, 6) is 1.16. The lowest BCUT2D eigenvalue weighted by atomic mass is 10.1. The van der Waals surface area contributed by atoms with Gasteiger partial charge in [0.1, 0.15) is 0 Å². The smallest absolute Gasteiger partial charge is 0.287 e. The summed E-state index contributed by atoms with van der Waals surface area (Å²) in [6.07, 6.45) is 2.90. The summed E-state index contributed by atoms with van der Waals surface area (Å²) in [7, 11) is 1.70. The number of guanidine groups is 1. The van der Waals surface area contributed by atoms with E-state index in [2.05, 4.69) is 33.1 Å². The highest BCUT2D eigenvalue weighted by atomic mass is 16.3. The van der Waals surface area contributed by atoms with E-state index >= 15 is 0 Å². The summed E-state index contributed by atoms with van der Waals surface area (Å²) >= 11 is 0. The first-order valence-corrected chi connectivity index (χ1v) is 10.2. The molecule has 1 atom stereocenters. The van der Waals surface area contributed by atoms with Crippen molar-refractivity contribution >= 4 is 17.8 Å². The zero-order chi connectivity index (χ0) is 21.2. The second kappa shape index (κ2) is 11.0. The van der Waals surface area contributed by atoms with Gasteiger partial charge in [0.05, 0.1) is 6.26 Å². The number of carbonyl (C=O) groups is 2. The lowest BCUT2D eigenvalue weighted by Crippen LogP contribution is -2.43. The maximum absolute atomic E-state index is 12.3. The number of hydrogen-bond donors (Lipinski definition) is 3. The molecule has 3 rings (SSSR count). The monoisotopic (exact) mass is 411 g/mol. The van der Waals surface area contributed by atoms with Crippen LogP contribution in [0, 0.1) is 5.92 Å². The molecule has 0 radical (unpaired) electrons. The number of benzene rings is 1. The summed E-state index contributed by atoms with van der Waals surface area (Å²) in [5.41, 5.74) is 1.25. The van der Waals surface area contributed by atoms with Crippen LogP contribution in [0.3, 0.4) is 0 Å². The van der Waals surface area contributed by atoms with Crippen molar-refractivity contribution in [3.8, 4) is 0 Å². The van der Waals surface area contributed by atoms with Gasteiger partial charge in [0.25, 0.3) is 5.91 Å². The van der Waals surface area contributed by atoms with E-state index in [1.54, 1.807) is 19.2 Å². The van der Waals surface area contributed by atoms with E-state index in [9.17, 15) is 9.59 Å². The Morgan fingerprint density at radius 3 is 2.67 bits per heavy atom. The third kappa shape index (κ3) is 6.37. The number of rotatable bonds is 9. The number of nitrogens with one attached hydrogen (secondary N) is 3. The number of furan rings is 1. The number of amides is 2. The molecule has 8 heteroatoms. The zero-order valence-electron chi connectivity index (χ0n) is 17.3. The highest BCUT2D eigenvalue weighted by Gasteiger charge is 2.29. The highest BCUT2D eigenvalue weighted by Crippen LogP contribution is 2.17. The van der Waals surface area contributed by atoms with Crippen LogP contribution in [0.5, 0.6) is 0 Å². The van der Waals surface area contributed by atoms with Crippen molar-refractivity contribution in [1.82, 2.24) is 20.9 Å². The Morgan fingerprint density at radius 2 is 1.93 bits per heavy atom. The largest absolute Gasteiger partial charge is 0.459 e. The van der Waals surface area contributed by atoms with Gasteiger partial charge in [0.2, 0.25) is 5.91 Å². The number of likely N-dealkylation sites (tertiary alicyclic amines) is 1. The Labute approximate surface area is 176 Å². The van der Waals surface area contributed by atoms with E-state index in [0.717, 1.165) is 19.5 Å². The third-order valence-corrected chi connectivity index (χ3v) is 5.04. The molecule has 2 amide bonds. The van der Waals surface area contributed by atoms with Gasteiger partial charge in [-0.25, -0.2) is 0 Å². The Hall–Kier alpha value is -3.29. The molecule has 2 aromatic rings. The van der Waals surface area contributed by atoms with Crippen molar-refractivity contribution in [1.29, 1.82) is 0 Å². The first-order chi connectivity index (χ1) is 14.7. The van der Waals surface area contributed by atoms with Crippen LogP contribution in [0.15, 0.2) is 58.1 Å². The van der Waals surface area contributed by atoms with E-state index in [0.29, 0.717) is 37.8 Å². The molecule has 8 nitrogen and oxygen atoms in total. The van der Waals surface area contributed by atoms with E-state index in [1.165, 1.54) is 11.8 Å². The first-order valence-electron chi connectivity index (χ1n) is 10.2. The molecule has 3 N–H and O–H groups in total. The standard InChI is InChI=1S/C22H29N5O3/c1-23-22(25-11-10-24-21(29)19-8-5-13-30-19)26-15-18-14-20(28)27(16-18)12-9-17-6-3-2-4-7-17/h2-8,13,18H,9-12,14-16H2,1H3,(H,24,29)(H2,23,25,26). The van der Waals surface area contributed by atoms with Crippen LogP contribution in [0.1, 0.15) is 22.5 Å². The Kier molecular flexibility index (Phi) is 7.88. The van der Waals surface area contributed by atoms with Crippen molar-refractivity contribution in [3.63, 3.8) is 0 Å². The second-order valence-electron chi connectivity index (χ2n) is 7.26. The molecule has 1 aromatic heterocycles. The molecule has 1 fully saturated rings. The van der Waals surface area contributed by atoms with Crippen molar-refractivity contribution < 1.29 is 14.0 Å². The maximum Gasteiger partial charge on any atom is 0.287 e. The minimum absolute atomic E-state index is 0.210. The van der Waals surface area contributed by atoms with Gasteiger partial charge in [0.15, 0.2) is 11.7 Å². The number of hydrogen-bond acceptors (Lipinski definition) is 4. The van der Waals surface area contributed by atoms with Crippen molar-refractivity contribution in [2.75, 3.05) is 39.8 Å². The quantitative estimate of drug-likeness (QED) is 0.328. The summed E-state index contributed by atoms with van der Waals surface area (Å²) in [6, 6.07) is 13.5. The third-order valence-electron chi connectivity index (χ3n) is 5.04. The molecule has 1 saturated heterocycles. The Bertz CT molecular complexity index is 836. The van der Waals surface area contributed by atoms with E-state index < -0.39 is 0 Å². The average molecular weight is 412 g/mol. The number of nitrogens with zero attached hydrogens (tertiary/aromatic N) is 2. The predicted molar refractivity (Wildman–Crippen MR) is 115 cm³/mol. The Balaban J connectivity index is 1.32. The summed E-state index contributed by atoms with van der Waals surface area (Å²) in [6.45, 7) is 3.15. The second-order valence-corrected chi connectivity index (χ2v) is 7.26. The molecule has 1 aliphatic rings. The van der Waals surface area contributed by atoms with Crippen molar-refractivity contribution in [2.45, 2.75) is 12.8 Å². The fraction of sp³-hybridized carbons (Fsp3) is 0.409. The molecular weight excluding hydrogens is 382 g/mol. The van der Waals surface area contributed by atoms with E-state index in [1.807, 2.05) is 23.1 Å². The van der Waals surface area contributed by atoms with Crippen LogP contribution in [0.4, 0.5) is 0 Å². The molecule has 0 aliphatic carbocycles. The number of carbonyl (C=O) groups excluding carboxylic acids is 2. The molecule has 1 aromatic carbocycles. The zero-order valence-corrected chi connectivity index (χ0v) is 17.3. The lowest BCUT2D eigenvalue weighted by Gasteiger charge is -2.18. The maximum atomic E-state index is 12.3. The number of aliphatic imine (C=N–C) groups is 1. The first kappa shape index (κ1) is 21.4. The molecule has 30 heavy (non-hydrogen) atoms. The van der Waals surface area contributed by atoms with E-state index in [4.69, 9.17) is 4.42 Å². The van der Waals surface area contributed by atoms with Gasteiger partial charge in [-0.15, -0.1) is 0 Å². The van der Waals surface area contributed by atoms with Gasteiger partial charge >= 0.3 is 0 Å². The normalized spacial score (nSPS) is 16.6. The van der Waals surface area contributed by atoms with Crippen molar-refractivity contribution in [2.24, 2.45) is 10.9 Å². The van der Waals surface area contributed by atoms with Gasteiger partial charge in [0, 0.05) is 52.1 Å². The summed E-state index contributed by atoms with van der Waals surface area (Å²) in [4.78, 5) is 30.2. The van der Waals surface area contributed by atoms with E-state index in [-0.39, 0.29) is 17.7 Å². The van der Waals surface area contributed by atoms with Crippen LogP contribution in [-0.4, -0.2) is 62.4 Å². The summed E-state index contributed by atoms with van der Waals surface area (Å²) < 4.78 is 5.05. The molecule has 0 spiro atoms. The van der Waals surface area contributed by atoms with Gasteiger partial charge in [-0.3, -0.25) is 14.6 Å². The fourth-order valence-corrected chi connectivity index (χ4v) is 3.43. The topological polar surface area (TPSA) is 99.0 Å². The molecule has 0 bridgehead atoms. The lowest BCUT2D eigenvalue weighted by molar-refractivity contribution is -0.127. The summed E-state index contributed by atoms with van der Waals surface area (Å²) in [5, 5.41) is 9.20. The van der Waals surface area contributed by atoms with Crippen molar-refractivity contribution in [3.05, 3.63) is 60.1 Å². The minimum Gasteiger partial charge on any atom is -0.459 e. The van der Waals surface area contributed by atoms with Crippen LogP contribution in [0.2, 0.25) is 0 Å². The van der Waals surface area contributed by atoms with Gasteiger partial charge in [-0.1, -0.05) is 30.3 Å². The average Bonchev–Trinajstić information content (AvgIpc) is 3.42. The van der Waals surface area contributed by atoms with Gasteiger partial charge in [-0.2, -0.15) is 0 Å². The molecule has 1 aliphatic heterocycles. The van der Waals surface area contributed by atoms with Crippen LogP contribution in [0.25, 0.3) is 0 Å². The molecule has 160 valence electrons. The molecule has 1 unspecified atom stereocenters. The molecule has 2 heterocycles. The molecule has 0 saturated carbocycles. The Morgan fingerprint density at radius 1 is 1.13 bits per heavy atom. The van der Waals surface area contributed by atoms with Gasteiger partial charge in [-0.05, 0) is 24.1 Å². The molecular formula is C22H29N5O3. The van der Waals surface area contributed by atoms with Gasteiger partial charge < -0.3 is 25.3 Å². The van der Waals surface area contributed by atoms with Crippen LogP contribution >= 0.6 is 0 Å². The fourth-order valence-electron chi connectivity index (χ4n) is 3.43. The minimum atomic E-state index is -0.246. The van der Waals surface area contributed by atoms with Crippen LogP contribution in [-0.2, 0) is 11.2 Å². The van der Waals surface area contributed by atoms with Crippen LogP contribution < -0.4 is 16.0 Å². The SMILES string of the molecule is CN=C(NCCNC(=O)c1ccco1)NCC1CC(=O)N(CCc2ccccc2)C1.